The number of amides is 3. The summed E-state index contributed by atoms with van der Waals surface area (Å²) < 4.78 is 15.1. The van der Waals surface area contributed by atoms with E-state index < -0.39 is 66.8 Å². The number of hydrogen-bond acceptors (Lipinski definition) is 9. The zero-order chi connectivity index (χ0) is 32.8. The van der Waals surface area contributed by atoms with Gasteiger partial charge in [-0.15, -0.1) is 0 Å². The number of carbonyl (C=O) groups excluding carboxylic acids is 6. The normalized spacial score (nSPS) is 12.7. The van der Waals surface area contributed by atoms with Crippen LogP contribution < -0.4 is 16.0 Å². The van der Waals surface area contributed by atoms with Gasteiger partial charge in [0, 0.05) is 0 Å². The maximum Gasteiger partial charge on any atom is 0.408 e. The summed E-state index contributed by atoms with van der Waals surface area (Å²) in [6.45, 7) is 5.50. The largest absolute Gasteiger partial charge is 0.466 e. The quantitative estimate of drug-likeness (QED) is 0.192. The lowest BCUT2D eigenvalue weighted by Crippen LogP contribution is -2.56. The second-order valence-corrected chi connectivity index (χ2v) is 10.7. The molecule has 238 valence electrons. The maximum absolute atomic E-state index is 13.0. The first-order valence-electron chi connectivity index (χ1n) is 13.7. The van der Waals surface area contributed by atoms with Crippen LogP contribution in [0, 0.1) is 5.92 Å². The number of halogens is 2. The minimum Gasteiger partial charge on any atom is -0.466 e. The van der Waals surface area contributed by atoms with E-state index in [-0.39, 0.29) is 34.7 Å². The van der Waals surface area contributed by atoms with E-state index >= 15 is 0 Å². The molecule has 44 heavy (non-hydrogen) atoms. The van der Waals surface area contributed by atoms with Crippen LogP contribution in [0.1, 0.15) is 50.0 Å². The molecule has 0 radical (unpaired) electrons. The predicted octanol–water partition coefficient (Wildman–Crippen LogP) is 3.61. The summed E-state index contributed by atoms with van der Waals surface area (Å²) in [4.78, 5) is 75.9. The molecular formula is C30H35Cl2N3O9. The number of ketones is 1. The average Bonchev–Trinajstić information content (AvgIpc) is 2.97. The van der Waals surface area contributed by atoms with Crippen molar-refractivity contribution in [3.05, 3.63) is 69.7 Å². The van der Waals surface area contributed by atoms with Gasteiger partial charge in [-0.3, -0.25) is 19.2 Å². The Hall–Kier alpha value is -4.16. The van der Waals surface area contributed by atoms with E-state index in [1.54, 1.807) is 45.0 Å². The van der Waals surface area contributed by atoms with Crippen LogP contribution in [0.15, 0.2) is 48.5 Å². The van der Waals surface area contributed by atoms with Crippen LogP contribution in [0.3, 0.4) is 0 Å². The highest BCUT2D eigenvalue weighted by Gasteiger charge is 2.31. The Labute approximate surface area is 265 Å². The van der Waals surface area contributed by atoms with Crippen molar-refractivity contribution in [3.63, 3.8) is 0 Å². The Morgan fingerprint density at radius 3 is 2.00 bits per heavy atom. The fourth-order valence-corrected chi connectivity index (χ4v) is 4.28. The van der Waals surface area contributed by atoms with E-state index in [4.69, 9.17) is 37.4 Å². The third kappa shape index (κ3) is 11.5. The summed E-state index contributed by atoms with van der Waals surface area (Å²) in [6.07, 6.45) is -1.39. The molecule has 0 aromatic heterocycles. The van der Waals surface area contributed by atoms with E-state index in [9.17, 15) is 28.8 Å². The number of carbonyl (C=O) groups is 6. The van der Waals surface area contributed by atoms with Gasteiger partial charge in [0.25, 0.3) is 0 Å². The molecule has 0 aliphatic rings. The smallest absolute Gasteiger partial charge is 0.408 e. The molecule has 2 rings (SSSR count). The number of alkyl carbamates (subject to hydrolysis) is 1. The number of esters is 2. The highest BCUT2D eigenvalue weighted by Crippen LogP contribution is 2.25. The molecule has 0 spiro atoms. The second-order valence-electron chi connectivity index (χ2n) is 9.87. The number of nitrogens with one attached hydrogen (secondary N) is 3. The summed E-state index contributed by atoms with van der Waals surface area (Å²) in [5, 5.41) is 7.38. The van der Waals surface area contributed by atoms with Crippen molar-refractivity contribution < 1.29 is 43.0 Å². The Bertz CT molecular complexity index is 1320. The molecule has 0 saturated heterocycles. The Morgan fingerprint density at radius 2 is 1.41 bits per heavy atom. The number of ether oxygens (including phenoxy) is 3. The molecule has 2 aromatic rings. The Kier molecular flexibility index (Phi) is 14.6. The van der Waals surface area contributed by atoms with E-state index in [1.807, 2.05) is 6.07 Å². The molecule has 0 fully saturated rings. The van der Waals surface area contributed by atoms with E-state index in [0.29, 0.717) is 0 Å². The lowest BCUT2D eigenvalue weighted by molar-refractivity contribution is -0.146. The van der Waals surface area contributed by atoms with Crippen LogP contribution in [-0.2, 0) is 40.0 Å². The zero-order valence-corrected chi connectivity index (χ0v) is 26.2. The molecular weight excluding hydrogens is 617 g/mol. The third-order valence-electron chi connectivity index (χ3n) is 6.08. The average molecular weight is 653 g/mol. The molecule has 0 bridgehead atoms. The van der Waals surface area contributed by atoms with Gasteiger partial charge in [0.1, 0.15) is 24.7 Å². The van der Waals surface area contributed by atoms with Crippen molar-refractivity contribution in [2.75, 3.05) is 13.2 Å². The molecule has 3 atom stereocenters. The van der Waals surface area contributed by atoms with Gasteiger partial charge in [0.05, 0.1) is 28.6 Å². The van der Waals surface area contributed by atoms with E-state index in [0.717, 1.165) is 5.56 Å². The van der Waals surface area contributed by atoms with Crippen molar-refractivity contribution in [1.29, 1.82) is 0 Å². The highest BCUT2D eigenvalue weighted by molar-refractivity contribution is 6.39. The van der Waals surface area contributed by atoms with Crippen LogP contribution in [0.25, 0.3) is 0 Å². The minimum atomic E-state index is -1.46. The van der Waals surface area contributed by atoms with Crippen molar-refractivity contribution >= 4 is 58.8 Å². The zero-order valence-electron chi connectivity index (χ0n) is 24.7. The van der Waals surface area contributed by atoms with Crippen LogP contribution in [0.4, 0.5) is 4.79 Å². The molecule has 0 saturated carbocycles. The minimum absolute atomic E-state index is 0.00542. The third-order valence-corrected chi connectivity index (χ3v) is 6.71. The van der Waals surface area contributed by atoms with Crippen molar-refractivity contribution in [1.82, 2.24) is 16.0 Å². The molecule has 3 N–H and O–H groups in total. The van der Waals surface area contributed by atoms with Gasteiger partial charge in [-0.25, -0.2) is 9.59 Å². The lowest BCUT2D eigenvalue weighted by Gasteiger charge is -2.24. The van der Waals surface area contributed by atoms with Gasteiger partial charge in [-0.2, -0.15) is 0 Å². The molecule has 14 heteroatoms. The van der Waals surface area contributed by atoms with Gasteiger partial charge in [0.2, 0.25) is 11.8 Å². The molecule has 0 heterocycles. The lowest BCUT2D eigenvalue weighted by atomic mass is 10.0. The fourth-order valence-electron chi connectivity index (χ4n) is 3.73. The van der Waals surface area contributed by atoms with Crippen LogP contribution in [-0.4, -0.2) is 67.0 Å². The molecule has 0 unspecified atom stereocenters. The fraction of sp³-hybridized carbons (Fsp3) is 0.400. The summed E-state index contributed by atoms with van der Waals surface area (Å²) in [7, 11) is 0. The van der Waals surface area contributed by atoms with Crippen molar-refractivity contribution in [2.24, 2.45) is 5.92 Å². The Morgan fingerprint density at radius 1 is 0.773 bits per heavy atom. The highest BCUT2D eigenvalue weighted by atomic mass is 35.5. The molecule has 12 nitrogen and oxygen atoms in total. The van der Waals surface area contributed by atoms with E-state index in [1.165, 1.54) is 25.1 Å². The number of benzene rings is 2. The van der Waals surface area contributed by atoms with Gasteiger partial charge in [-0.05, 0) is 37.5 Å². The van der Waals surface area contributed by atoms with Crippen LogP contribution in [0.5, 0.6) is 0 Å². The first-order valence-corrected chi connectivity index (χ1v) is 14.5. The summed E-state index contributed by atoms with van der Waals surface area (Å²) in [5.74, 6) is -4.49. The predicted molar refractivity (Wildman–Crippen MR) is 161 cm³/mol. The van der Waals surface area contributed by atoms with Gasteiger partial charge in [-0.1, -0.05) is 73.4 Å². The number of hydrogen-bond donors (Lipinski definition) is 3. The topological polar surface area (TPSA) is 166 Å². The molecule has 2 aromatic carbocycles. The Balaban J connectivity index is 2.02. The molecule has 3 amide bonds. The first-order chi connectivity index (χ1) is 20.8. The number of Topliss-reactive ketones (excluding diaryl/α,β-unsaturated/α-hetero) is 1. The van der Waals surface area contributed by atoms with Gasteiger partial charge < -0.3 is 30.2 Å². The van der Waals surface area contributed by atoms with Crippen LogP contribution in [0.2, 0.25) is 10.0 Å². The maximum atomic E-state index is 13.0. The van der Waals surface area contributed by atoms with Gasteiger partial charge >= 0.3 is 18.0 Å². The van der Waals surface area contributed by atoms with Crippen molar-refractivity contribution in [2.45, 2.75) is 58.8 Å². The first kappa shape index (κ1) is 36.0. The summed E-state index contributed by atoms with van der Waals surface area (Å²) >= 11 is 12.0. The SMILES string of the molecule is CCOC(=O)C[C@H](NC(=O)[C@H](C)NC(=O)[C@@H](NC(=O)OCc1ccccc1)C(C)C)C(=O)COC(=O)c1c(Cl)cccc1Cl. The van der Waals surface area contributed by atoms with Gasteiger partial charge in [0.15, 0.2) is 12.4 Å². The monoisotopic (exact) mass is 651 g/mol. The number of rotatable bonds is 15. The van der Waals surface area contributed by atoms with Crippen LogP contribution >= 0.6 is 23.2 Å². The van der Waals surface area contributed by atoms with Crippen molar-refractivity contribution in [3.8, 4) is 0 Å². The van der Waals surface area contributed by atoms with E-state index in [2.05, 4.69) is 16.0 Å². The standard InChI is InChI=1S/C30H35Cl2N3O9/c1-5-42-24(37)14-22(23(36)16-43-29(40)25-20(31)12-9-13-21(25)32)34-27(38)18(4)33-28(39)26(17(2)3)35-30(41)44-15-19-10-7-6-8-11-19/h6-13,17-18,22,26H,5,14-16H2,1-4H3,(H,33,39)(H,34,38)(H,35,41)/t18-,22-,26-/m0/s1. The summed E-state index contributed by atoms with van der Waals surface area (Å²) in [6, 6.07) is 9.60. The molecule has 0 aliphatic heterocycles. The molecule has 0 aliphatic carbocycles. The summed E-state index contributed by atoms with van der Waals surface area (Å²) in [5.41, 5.74) is 0.607. The second kappa shape index (κ2) is 17.8.